The number of hydrogen-bond acceptors (Lipinski definition) is 4. The van der Waals surface area contributed by atoms with Gasteiger partial charge in [0.1, 0.15) is 5.75 Å². The molecule has 3 rings (SSSR count). The van der Waals surface area contributed by atoms with E-state index in [1.807, 2.05) is 6.92 Å². The number of halogens is 3. The maximum Gasteiger partial charge on any atom is 0.573 e. The summed E-state index contributed by atoms with van der Waals surface area (Å²) in [6, 6.07) is 6.23. The molecular formula is C19H19F3N4O2. The SMILES string of the molecule is CCNC(=O)Cc1nccc2nn(Cc3ccc(OC(F)(F)F)c(C)c3)cc12. The van der Waals surface area contributed by atoms with Crippen LogP contribution in [0.5, 0.6) is 5.75 Å². The Balaban J connectivity index is 1.81. The third-order valence-corrected chi connectivity index (χ3v) is 4.08. The highest BCUT2D eigenvalue weighted by molar-refractivity contribution is 5.86. The molecule has 0 atom stereocenters. The summed E-state index contributed by atoms with van der Waals surface area (Å²) in [6.07, 6.45) is -1.19. The molecule has 2 heterocycles. The molecule has 2 aromatic heterocycles. The van der Waals surface area contributed by atoms with Crippen LogP contribution in [-0.4, -0.2) is 33.6 Å². The van der Waals surface area contributed by atoms with Crippen molar-refractivity contribution in [2.75, 3.05) is 6.54 Å². The zero-order chi connectivity index (χ0) is 20.3. The van der Waals surface area contributed by atoms with E-state index in [0.717, 1.165) is 10.9 Å². The lowest BCUT2D eigenvalue weighted by atomic mass is 10.1. The fourth-order valence-electron chi connectivity index (χ4n) is 2.92. The molecule has 0 spiro atoms. The van der Waals surface area contributed by atoms with E-state index in [1.54, 1.807) is 42.2 Å². The fourth-order valence-corrected chi connectivity index (χ4v) is 2.92. The topological polar surface area (TPSA) is 69.0 Å². The molecule has 1 aromatic carbocycles. The van der Waals surface area contributed by atoms with Crippen molar-refractivity contribution in [2.24, 2.45) is 0 Å². The largest absolute Gasteiger partial charge is 0.573 e. The van der Waals surface area contributed by atoms with Gasteiger partial charge in [-0.2, -0.15) is 5.10 Å². The molecule has 0 bridgehead atoms. The minimum atomic E-state index is -4.72. The Bertz CT molecular complexity index is 998. The molecule has 0 saturated carbocycles. The van der Waals surface area contributed by atoms with Crippen LogP contribution in [0.15, 0.2) is 36.7 Å². The van der Waals surface area contributed by atoms with Crippen molar-refractivity contribution in [3.05, 3.63) is 53.5 Å². The van der Waals surface area contributed by atoms with Crippen molar-refractivity contribution in [1.29, 1.82) is 0 Å². The van der Waals surface area contributed by atoms with E-state index in [9.17, 15) is 18.0 Å². The minimum absolute atomic E-state index is 0.119. The number of likely N-dealkylation sites (N-methyl/N-ethyl adjacent to an activating group) is 1. The molecule has 3 aromatic rings. The minimum Gasteiger partial charge on any atom is -0.406 e. The van der Waals surface area contributed by atoms with Crippen LogP contribution < -0.4 is 10.1 Å². The van der Waals surface area contributed by atoms with Gasteiger partial charge in [0.25, 0.3) is 0 Å². The van der Waals surface area contributed by atoms with E-state index in [0.29, 0.717) is 29.9 Å². The quantitative estimate of drug-likeness (QED) is 0.698. The van der Waals surface area contributed by atoms with Gasteiger partial charge in [-0.15, -0.1) is 13.2 Å². The zero-order valence-corrected chi connectivity index (χ0v) is 15.4. The Morgan fingerprint density at radius 2 is 2.07 bits per heavy atom. The zero-order valence-electron chi connectivity index (χ0n) is 15.4. The predicted octanol–water partition coefficient (Wildman–Crippen LogP) is 3.37. The van der Waals surface area contributed by atoms with Crippen molar-refractivity contribution in [1.82, 2.24) is 20.1 Å². The van der Waals surface area contributed by atoms with Gasteiger partial charge in [-0.25, -0.2) is 0 Å². The van der Waals surface area contributed by atoms with Crippen LogP contribution in [0.2, 0.25) is 0 Å². The number of alkyl halides is 3. The van der Waals surface area contributed by atoms with Gasteiger partial charge in [-0.3, -0.25) is 14.5 Å². The van der Waals surface area contributed by atoms with E-state index < -0.39 is 6.36 Å². The number of ether oxygens (including phenoxy) is 1. The van der Waals surface area contributed by atoms with Gasteiger partial charge in [0.05, 0.1) is 24.2 Å². The molecule has 1 amide bonds. The number of nitrogens with one attached hydrogen (secondary N) is 1. The number of nitrogens with zero attached hydrogens (tertiary/aromatic N) is 3. The highest BCUT2D eigenvalue weighted by Crippen LogP contribution is 2.27. The summed E-state index contributed by atoms with van der Waals surface area (Å²) in [7, 11) is 0. The molecule has 0 unspecified atom stereocenters. The van der Waals surface area contributed by atoms with E-state index in [2.05, 4.69) is 20.1 Å². The predicted molar refractivity (Wildman–Crippen MR) is 96.9 cm³/mol. The van der Waals surface area contributed by atoms with Gasteiger partial charge >= 0.3 is 6.36 Å². The molecule has 28 heavy (non-hydrogen) atoms. The second kappa shape index (κ2) is 7.87. The Kier molecular flexibility index (Phi) is 5.53. The van der Waals surface area contributed by atoms with Crippen LogP contribution in [0.25, 0.3) is 10.9 Å². The Labute approximate surface area is 159 Å². The van der Waals surface area contributed by atoms with E-state index in [-0.39, 0.29) is 18.1 Å². The number of hydrogen-bond donors (Lipinski definition) is 1. The van der Waals surface area contributed by atoms with Crippen molar-refractivity contribution in [3.8, 4) is 5.75 Å². The lowest BCUT2D eigenvalue weighted by molar-refractivity contribution is -0.274. The van der Waals surface area contributed by atoms with Crippen LogP contribution in [0.1, 0.15) is 23.7 Å². The molecule has 0 fully saturated rings. The second-order valence-electron chi connectivity index (χ2n) is 6.30. The van der Waals surface area contributed by atoms with Gasteiger partial charge in [0.15, 0.2) is 0 Å². The molecule has 1 N–H and O–H groups in total. The maximum absolute atomic E-state index is 12.4. The number of benzene rings is 1. The van der Waals surface area contributed by atoms with Crippen molar-refractivity contribution < 1.29 is 22.7 Å². The summed E-state index contributed by atoms with van der Waals surface area (Å²) in [5, 5.41) is 7.97. The monoisotopic (exact) mass is 392 g/mol. The van der Waals surface area contributed by atoms with Crippen LogP contribution in [0, 0.1) is 6.92 Å². The summed E-state index contributed by atoms with van der Waals surface area (Å²) in [6.45, 7) is 4.30. The number of amides is 1. The lowest BCUT2D eigenvalue weighted by Crippen LogP contribution is -2.24. The highest BCUT2D eigenvalue weighted by Gasteiger charge is 2.31. The molecule has 0 aliphatic rings. The molecule has 0 aliphatic heterocycles. The summed E-state index contributed by atoms with van der Waals surface area (Å²) in [4.78, 5) is 16.1. The van der Waals surface area contributed by atoms with Gasteiger partial charge in [0, 0.05) is 24.3 Å². The standard InChI is InChI=1S/C19H19F3N4O2/c1-3-23-18(27)9-16-14-11-26(25-15(14)6-7-24-16)10-13-4-5-17(12(2)8-13)28-19(20,21)22/h4-8,11H,3,9-10H2,1-2H3,(H,23,27). The third kappa shape index (κ3) is 4.79. The first kappa shape index (κ1) is 19.7. The van der Waals surface area contributed by atoms with Crippen LogP contribution in [-0.2, 0) is 17.8 Å². The number of aromatic nitrogens is 3. The number of pyridine rings is 1. The first-order chi connectivity index (χ1) is 13.2. The number of aryl methyl sites for hydroxylation is 1. The van der Waals surface area contributed by atoms with Gasteiger partial charge in [0.2, 0.25) is 5.91 Å². The van der Waals surface area contributed by atoms with E-state index in [1.165, 1.54) is 6.07 Å². The van der Waals surface area contributed by atoms with E-state index in [4.69, 9.17) is 0 Å². The van der Waals surface area contributed by atoms with Gasteiger partial charge in [-0.05, 0) is 37.1 Å². The van der Waals surface area contributed by atoms with Crippen LogP contribution in [0.4, 0.5) is 13.2 Å². The number of fused-ring (bicyclic) bond motifs is 1. The van der Waals surface area contributed by atoms with E-state index >= 15 is 0 Å². The fraction of sp³-hybridized carbons (Fsp3) is 0.316. The average Bonchev–Trinajstić information content (AvgIpc) is 3.00. The number of carbonyl (C=O) groups excluding carboxylic acids is 1. The molecule has 148 valence electrons. The summed E-state index contributed by atoms with van der Waals surface area (Å²) in [5.74, 6) is -0.346. The van der Waals surface area contributed by atoms with Crippen molar-refractivity contribution in [3.63, 3.8) is 0 Å². The summed E-state index contributed by atoms with van der Waals surface area (Å²) >= 11 is 0. The van der Waals surface area contributed by atoms with Crippen LogP contribution in [0.3, 0.4) is 0 Å². The lowest BCUT2D eigenvalue weighted by Gasteiger charge is -2.12. The first-order valence-electron chi connectivity index (χ1n) is 8.68. The Hall–Kier alpha value is -3.10. The smallest absolute Gasteiger partial charge is 0.406 e. The molecule has 6 nitrogen and oxygen atoms in total. The molecule has 0 radical (unpaired) electrons. The summed E-state index contributed by atoms with van der Waals surface area (Å²) in [5.41, 5.74) is 2.48. The Morgan fingerprint density at radius 3 is 2.75 bits per heavy atom. The number of carbonyl (C=O) groups is 1. The molecule has 0 saturated heterocycles. The number of rotatable bonds is 6. The van der Waals surface area contributed by atoms with Crippen molar-refractivity contribution in [2.45, 2.75) is 33.2 Å². The van der Waals surface area contributed by atoms with Crippen LogP contribution >= 0.6 is 0 Å². The molecule has 0 aliphatic carbocycles. The molecular weight excluding hydrogens is 373 g/mol. The average molecular weight is 392 g/mol. The highest BCUT2D eigenvalue weighted by atomic mass is 19.4. The second-order valence-corrected chi connectivity index (χ2v) is 6.30. The maximum atomic E-state index is 12.4. The van der Waals surface area contributed by atoms with Crippen molar-refractivity contribution >= 4 is 16.8 Å². The first-order valence-corrected chi connectivity index (χ1v) is 8.68. The van der Waals surface area contributed by atoms with Gasteiger partial charge in [-0.1, -0.05) is 12.1 Å². The summed E-state index contributed by atoms with van der Waals surface area (Å²) < 4.78 is 42.8. The molecule has 9 heteroatoms. The normalized spacial score (nSPS) is 11.6. The Morgan fingerprint density at radius 1 is 1.29 bits per heavy atom. The van der Waals surface area contributed by atoms with Gasteiger partial charge < -0.3 is 10.1 Å². The third-order valence-electron chi connectivity index (χ3n) is 4.08.